The number of nitrogens with one attached hydrogen (secondary N) is 1. The van der Waals surface area contributed by atoms with Crippen LogP contribution in [0.25, 0.3) is 0 Å². The summed E-state index contributed by atoms with van der Waals surface area (Å²) in [4.78, 5) is 2.55. The lowest BCUT2D eigenvalue weighted by Crippen LogP contribution is -2.29. The zero-order valence-electron chi connectivity index (χ0n) is 14.2. The monoisotopic (exact) mass is 350 g/mol. The predicted octanol–water partition coefficient (Wildman–Crippen LogP) is 3.08. The normalized spacial score (nSPS) is 30.5. The molecule has 4 nitrogen and oxygen atoms in total. The zero-order chi connectivity index (χ0) is 16.4. The highest BCUT2D eigenvalue weighted by molar-refractivity contribution is 6.30. The Morgan fingerprint density at radius 3 is 3.12 bits per heavy atom. The maximum atomic E-state index is 6.24. The maximum absolute atomic E-state index is 6.24. The summed E-state index contributed by atoms with van der Waals surface area (Å²) in [6, 6.07) is 5.99. The van der Waals surface area contributed by atoms with Crippen LogP contribution in [0, 0.1) is 5.41 Å². The third-order valence-electron chi connectivity index (χ3n) is 5.71. The van der Waals surface area contributed by atoms with Crippen molar-refractivity contribution in [1.82, 2.24) is 10.2 Å². The standard InChI is InChI=1S/C19H27ClN2O2/c20-16-3-4-18(24-12-17-2-1-9-23-17)15(10-16)11-22-8-6-19(14-22)5-7-21-13-19/h3-4,10,17,21H,1-2,5-9,11-14H2. The van der Waals surface area contributed by atoms with E-state index in [2.05, 4.69) is 16.3 Å². The summed E-state index contributed by atoms with van der Waals surface area (Å²) in [7, 11) is 0. The van der Waals surface area contributed by atoms with Crippen LogP contribution in [0.3, 0.4) is 0 Å². The molecule has 1 aromatic carbocycles. The first-order valence-corrected chi connectivity index (χ1v) is 9.56. The van der Waals surface area contributed by atoms with Crippen LogP contribution in [-0.2, 0) is 11.3 Å². The lowest BCUT2D eigenvalue weighted by Gasteiger charge is -2.23. The van der Waals surface area contributed by atoms with Crippen molar-refractivity contribution >= 4 is 11.6 Å². The molecule has 2 atom stereocenters. The third-order valence-corrected chi connectivity index (χ3v) is 5.95. The quantitative estimate of drug-likeness (QED) is 0.884. The molecule has 1 spiro atoms. The molecule has 24 heavy (non-hydrogen) atoms. The van der Waals surface area contributed by atoms with Gasteiger partial charge < -0.3 is 14.8 Å². The molecule has 1 aromatic rings. The van der Waals surface area contributed by atoms with Gasteiger partial charge in [-0.1, -0.05) is 11.6 Å². The van der Waals surface area contributed by atoms with Crippen molar-refractivity contribution < 1.29 is 9.47 Å². The van der Waals surface area contributed by atoms with Gasteiger partial charge in [0.2, 0.25) is 0 Å². The molecule has 3 fully saturated rings. The summed E-state index contributed by atoms with van der Waals surface area (Å²) in [5.74, 6) is 0.959. The van der Waals surface area contributed by atoms with Crippen LogP contribution in [0.4, 0.5) is 0 Å². The van der Waals surface area contributed by atoms with Crippen molar-refractivity contribution in [3.63, 3.8) is 0 Å². The molecule has 3 aliphatic rings. The van der Waals surface area contributed by atoms with Crippen LogP contribution in [-0.4, -0.2) is 50.4 Å². The average molecular weight is 351 g/mol. The van der Waals surface area contributed by atoms with Gasteiger partial charge in [-0.05, 0) is 62.4 Å². The lowest BCUT2D eigenvalue weighted by molar-refractivity contribution is 0.0673. The molecular weight excluding hydrogens is 324 g/mol. The summed E-state index contributed by atoms with van der Waals surface area (Å²) in [5, 5.41) is 4.31. The molecule has 0 bridgehead atoms. The van der Waals surface area contributed by atoms with Crippen LogP contribution in [0.5, 0.6) is 5.75 Å². The van der Waals surface area contributed by atoms with Gasteiger partial charge in [-0.2, -0.15) is 0 Å². The van der Waals surface area contributed by atoms with Crippen LogP contribution in [0.15, 0.2) is 18.2 Å². The highest BCUT2D eigenvalue weighted by Gasteiger charge is 2.40. The lowest BCUT2D eigenvalue weighted by atomic mass is 9.86. The molecule has 0 aliphatic carbocycles. The number of nitrogens with zero attached hydrogens (tertiary/aromatic N) is 1. The van der Waals surface area contributed by atoms with E-state index in [9.17, 15) is 0 Å². The number of hydrogen-bond donors (Lipinski definition) is 1. The number of ether oxygens (including phenoxy) is 2. The molecule has 5 heteroatoms. The number of benzene rings is 1. The molecular formula is C19H27ClN2O2. The first-order valence-electron chi connectivity index (χ1n) is 9.18. The van der Waals surface area contributed by atoms with Crippen molar-refractivity contribution in [2.75, 3.05) is 39.4 Å². The fourth-order valence-electron chi connectivity index (χ4n) is 4.32. The van der Waals surface area contributed by atoms with E-state index in [1.165, 1.54) is 44.6 Å². The van der Waals surface area contributed by atoms with Crippen LogP contribution in [0.2, 0.25) is 5.02 Å². The molecule has 1 N–H and O–H groups in total. The van der Waals surface area contributed by atoms with Gasteiger partial charge >= 0.3 is 0 Å². The molecule has 3 saturated heterocycles. The van der Waals surface area contributed by atoms with Crippen LogP contribution in [0.1, 0.15) is 31.2 Å². The number of likely N-dealkylation sites (tertiary alicyclic amines) is 1. The Morgan fingerprint density at radius 2 is 2.33 bits per heavy atom. The minimum atomic E-state index is 0.244. The van der Waals surface area contributed by atoms with Gasteiger partial charge in [0, 0.05) is 36.8 Å². The molecule has 0 aromatic heterocycles. The number of rotatable bonds is 5. The molecule has 2 unspecified atom stereocenters. The van der Waals surface area contributed by atoms with Crippen molar-refractivity contribution in [3.8, 4) is 5.75 Å². The topological polar surface area (TPSA) is 33.7 Å². The second kappa shape index (κ2) is 7.20. The minimum absolute atomic E-state index is 0.244. The minimum Gasteiger partial charge on any atom is -0.491 e. The fraction of sp³-hybridized carbons (Fsp3) is 0.684. The van der Waals surface area contributed by atoms with Crippen molar-refractivity contribution in [2.45, 2.75) is 38.3 Å². The van der Waals surface area contributed by atoms with Gasteiger partial charge in [0.25, 0.3) is 0 Å². The Hall–Kier alpha value is -0.810. The van der Waals surface area contributed by atoms with Crippen LogP contribution < -0.4 is 10.1 Å². The molecule has 0 amide bonds. The number of hydrogen-bond acceptors (Lipinski definition) is 4. The van der Waals surface area contributed by atoms with Crippen molar-refractivity contribution in [1.29, 1.82) is 0 Å². The van der Waals surface area contributed by atoms with E-state index in [1.807, 2.05) is 12.1 Å². The largest absolute Gasteiger partial charge is 0.491 e. The number of halogens is 1. The fourth-order valence-corrected chi connectivity index (χ4v) is 4.51. The van der Waals surface area contributed by atoms with E-state index in [0.717, 1.165) is 36.8 Å². The first kappa shape index (κ1) is 16.6. The summed E-state index contributed by atoms with van der Waals surface area (Å²) in [6.45, 7) is 7.11. The van der Waals surface area contributed by atoms with Gasteiger partial charge in [0.05, 0.1) is 6.10 Å². The third kappa shape index (κ3) is 3.72. The smallest absolute Gasteiger partial charge is 0.124 e. The van der Waals surface area contributed by atoms with Gasteiger partial charge in [0.1, 0.15) is 12.4 Å². The van der Waals surface area contributed by atoms with E-state index in [0.29, 0.717) is 12.0 Å². The maximum Gasteiger partial charge on any atom is 0.124 e. The molecule has 0 radical (unpaired) electrons. The zero-order valence-corrected chi connectivity index (χ0v) is 15.0. The Morgan fingerprint density at radius 1 is 1.38 bits per heavy atom. The second-order valence-electron chi connectivity index (χ2n) is 7.59. The Labute approximate surface area is 149 Å². The van der Waals surface area contributed by atoms with Crippen molar-refractivity contribution in [2.24, 2.45) is 5.41 Å². The van der Waals surface area contributed by atoms with Gasteiger partial charge in [-0.15, -0.1) is 0 Å². The first-order chi connectivity index (χ1) is 11.7. The molecule has 4 rings (SSSR count). The highest BCUT2D eigenvalue weighted by Crippen LogP contribution is 2.37. The van der Waals surface area contributed by atoms with Crippen LogP contribution >= 0.6 is 11.6 Å². The van der Waals surface area contributed by atoms with E-state index < -0.39 is 0 Å². The average Bonchev–Trinajstić information content (AvgIpc) is 3.31. The van der Waals surface area contributed by atoms with E-state index >= 15 is 0 Å². The SMILES string of the molecule is Clc1ccc(OCC2CCCO2)c(CN2CCC3(CCNC3)C2)c1. The Bertz CT molecular complexity index is 568. The molecule has 0 saturated carbocycles. The second-order valence-corrected chi connectivity index (χ2v) is 8.02. The van der Waals surface area contributed by atoms with Gasteiger partial charge in [0.15, 0.2) is 0 Å². The Balaban J connectivity index is 1.40. The molecule has 132 valence electrons. The van der Waals surface area contributed by atoms with E-state index in [-0.39, 0.29) is 6.10 Å². The summed E-state index contributed by atoms with van der Waals surface area (Å²) in [5.41, 5.74) is 1.69. The van der Waals surface area contributed by atoms with E-state index in [1.54, 1.807) is 0 Å². The summed E-state index contributed by atoms with van der Waals surface area (Å²) >= 11 is 6.24. The summed E-state index contributed by atoms with van der Waals surface area (Å²) in [6.07, 6.45) is 5.09. The highest BCUT2D eigenvalue weighted by atomic mass is 35.5. The molecule has 3 heterocycles. The molecule has 3 aliphatic heterocycles. The van der Waals surface area contributed by atoms with Gasteiger partial charge in [-0.25, -0.2) is 0 Å². The van der Waals surface area contributed by atoms with Gasteiger partial charge in [-0.3, -0.25) is 4.90 Å². The van der Waals surface area contributed by atoms with E-state index in [4.69, 9.17) is 21.1 Å². The predicted molar refractivity (Wildman–Crippen MR) is 95.7 cm³/mol. The summed E-state index contributed by atoms with van der Waals surface area (Å²) < 4.78 is 11.7. The van der Waals surface area contributed by atoms with Crippen molar-refractivity contribution in [3.05, 3.63) is 28.8 Å². The Kier molecular flexibility index (Phi) is 5.00.